The zero-order valence-corrected chi connectivity index (χ0v) is 15.7. The van der Waals surface area contributed by atoms with Crippen molar-refractivity contribution in [2.45, 2.75) is 20.4 Å². The number of thiazole rings is 1. The van der Waals surface area contributed by atoms with Crippen LogP contribution in [-0.2, 0) is 11.3 Å². The van der Waals surface area contributed by atoms with E-state index in [1.165, 1.54) is 15.9 Å². The summed E-state index contributed by atoms with van der Waals surface area (Å²) < 4.78 is 3.17. The summed E-state index contributed by atoms with van der Waals surface area (Å²) in [6.45, 7) is 3.67. The Kier molecular flexibility index (Phi) is 4.33. The number of nitrogens with zero attached hydrogens (tertiary/aromatic N) is 4. The molecule has 1 amide bonds. The number of carbonyl (C=O) groups excluding carboxylic acids is 1. The average molecular weight is 379 g/mol. The van der Waals surface area contributed by atoms with Crippen molar-refractivity contribution in [2.24, 2.45) is 0 Å². The second kappa shape index (κ2) is 6.81. The smallest absolute Gasteiger partial charge is 0.252 e. The van der Waals surface area contributed by atoms with Crippen LogP contribution in [0.1, 0.15) is 11.3 Å². The topological polar surface area (TPSA) is 81.8 Å². The van der Waals surface area contributed by atoms with E-state index < -0.39 is 0 Å². The summed E-state index contributed by atoms with van der Waals surface area (Å²) >= 11 is 1.33. The molecule has 4 rings (SSSR count). The number of pyridine rings is 1. The largest absolute Gasteiger partial charge is 0.300 e. The fourth-order valence-corrected chi connectivity index (χ4v) is 3.70. The molecule has 0 saturated carbocycles. The molecule has 0 spiro atoms. The van der Waals surface area contributed by atoms with Crippen LogP contribution in [0.25, 0.3) is 16.7 Å². The Bertz CT molecular complexity index is 1180. The Labute approximate surface area is 158 Å². The Morgan fingerprint density at radius 1 is 1.22 bits per heavy atom. The fraction of sp³-hybridized carbons (Fsp3) is 0.158. The molecule has 3 aromatic heterocycles. The molecule has 0 radical (unpaired) electrons. The van der Waals surface area contributed by atoms with Crippen LogP contribution in [-0.4, -0.2) is 25.2 Å². The summed E-state index contributed by atoms with van der Waals surface area (Å²) in [7, 11) is 0. The predicted octanol–water partition coefficient (Wildman–Crippen LogP) is 2.90. The van der Waals surface area contributed by atoms with Crippen LogP contribution >= 0.6 is 11.3 Å². The Hall–Kier alpha value is -3.26. The van der Waals surface area contributed by atoms with Crippen LogP contribution in [0.3, 0.4) is 0 Å². The van der Waals surface area contributed by atoms with Crippen molar-refractivity contribution in [1.29, 1.82) is 0 Å². The summed E-state index contributed by atoms with van der Waals surface area (Å²) in [6.07, 6.45) is 1.62. The van der Waals surface area contributed by atoms with Gasteiger partial charge in [-0.2, -0.15) is 5.10 Å². The van der Waals surface area contributed by atoms with E-state index in [4.69, 9.17) is 0 Å². The van der Waals surface area contributed by atoms with Crippen molar-refractivity contribution in [3.05, 3.63) is 69.6 Å². The maximum absolute atomic E-state index is 12.7. The standard InChI is InChI=1S/C19H17N5O2S/c1-12-10-16(26)23(11-15(25)21-19-20-8-9-27-19)18-17(12)13(2)22-24(18)14-6-4-3-5-7-14/h3-10H,11H2,1-2H3,(H,20,21,25). The summed E-state index contributed by atoms with van der Waals surface area (Å²) in [5.74, 6) is -0.310. The van der Waals surface area contributed by atoms with Gasteiger partial charge in [0, 0.05) is 23.0 Å². The van der Waals surface area contributed by atoms with Gasteiger partial charge in [0.1, 0.15) is 12.2 Å². The van der Waals surface area contributed by atoms with Crippen LogP contribution in [0.4, 0.5) is 5.13 Å². The third kappa shape index (κ3) is 3.15. The first kappa shape index (κ1) is 17.2. The quantitative estimate of drug-likeness (QED) is 0.591. The predicted molar refractivity (Wildman–Crippen MR) is 106 cm³/mol. The van der Waals surface area contributed by atoms with E-state index in [9.17, 15) is 9.59 Å². The highest BCUT2D eigenvalue weighted by molar-refractivity contribution is 7.13. The zero-order valence-electron chi connectivity index (χ0n) is 14.8. The fourth-order valence-electron chi connectivity index (χ4n) is 3.16. The van der Waals surface area contributed by atoms with Crippen molar-refractivity contribution in [3.63, 3.8) is 0 Å². The third-order valence-corrected chi connectivity index (χ3v) is 4.96. The van der Waals surface area contributed by atoms with Gasteiger partial charge < -0.3 is 5.32 Å². The van der Waals surface area contributed by atoms with Crippen molar-refractivity contribution < 1.29 is 4.79 Å². The second-order valence-electron chi connectivity index (χ2n) is 6.17. The van der Waals surface area contributed by atoms with Gasteiger partial charge in [-0.3, -0.25) is 14.2 Å². The van der Waals surface area contributed by atoms with E-state index in [1.807, 2.05) is 44.2 Å². The Balaban J connectivity index is 1.87. The molecule has 0 aliphatic rings. The SMILES string of the molecule is Cc1cc(=O)n(CC(=O)Nc2nccs2)c2c1c(C)nn2-c1ccccc1. The minimum Gasteiger partial charge on any atom is -0.300 e. The van der Waals surface area contributed by atoms with Gasteiger partial charge in [-0.25, -0.2) is 9.67 Å². The Morgan fingerprint density at radius 3 is 2.70 bits per heavy atom. The summed E-state index contributed by atoms with van der Waals surface area (Å²) in [6, 6.07) is 11.1. The van der Waals surface area contributed by atoms with Gasteiger partial charge in [-0.1, -0.05) is 18.2 Å². The van der Waals surface area contributed by atoms with Crippen molar-refractivity contribution in [1.82, 2.24) is 19.3 Å². The van der Waals surface area contributed by atoms with E-state index in [0.29, 0.717) is 10.8 Å². The highest BCUT2D eigenvalue weighted by Crippen LogP contribution is 2.23. The molecule has 3 heterocycles. The minimum absolute atomic E-state index is 0.118. The van der Waals surface area contributed by atoms with E-state index in [2.05, 4.69) is 15.4 Å². The number of fused-ring (bicyclic) bond motifs is 1. The molecule has 0 saturated heterocycles. The lowest BCUT2D eigenvalue weighted by Crippen LogP contribution is -2.28. The van der Waals surface area contributed by atoms with Crippen LogP contribution < -0.4 is 10.9 Å². The van der Waals surface area contributed by atoms with Gasteiger partial charge in [0.15, 0.2) is 5.13 Å². The van der Waals surface area contributed by atoms with Crippen LogP contribution in [0, 0.1) is 13.8 Å². The van der Waals surface area contributed by atoms with Gasteiger partial charge >= 0.3 is 0 Å². The normalized spacial score (nSPS) is 11.0. The molecule has 0 unspecified atom stereocenters. The first-order valence-corrected chi connectivity index (χ1v) is 9.27. The first-order chi connectivity index (χ1) is 13.0. The maximum atomic E-state index is 12.7. The molecule has 0 fully saturated rings. The lowest BCUT2D eigenvalue weighted by Gasteiger charge is -2.12. The lowest BCUT2D eigenvalue weighted by molar-refractivity contribution is -0.116. The lowest BCUT2D eigenvalue weighted by atomic mass is 10.1. The molecule has 136 valence electrons. The molecular formula is C19H17N5O2S. The van der Waals surface area contributed by atoms with Crippen LogP contribution in [0.5, 0.6) is 0 Å². The number of hydrogen-bond donors (Lipinski definition) is 1. The molecule has 27 heavy (non-hydrogen) atoms. The molecule has 4 aromatic rings. The van der Waals surface area contributed by atoms with Crippen molar-refractivity contribution >= 4 is 33.4 Å². The van der Waals surface area contributed by atoms with Gasteiger partial charge in [0.2, 0.25) is 5.91 Å². The first-order valence-electron chi connectivity index (χ1n) is 8.39. The second-order valence-corrected chi connectivity index (χ2v) is 7.06. The molecule has 0 atom stereocenters. The summed E-state index contributed by atoms with van der Waals surface area (Å²) in [5, 5.41) is 10.5. The number of para-hydroxylation sites is 1. The molecular weight excluding hydrogens is 362 g/mol. The van der Waals surface area contributed by atoms with Gasteiger partial charge in [0.25, 0.3) is 5.56 Å². The number of amides is 1. The number of hydrogen-bond acceptors (Lipinski definition) is 5. The number of rotatable bonds is 4. The summed E-state index contributed by atoms with van der Waals surface area (Å²) in [5.41, 5.74) is 2.84. The van der Waals surface area contributed by atoms with Gasteiger partial charge in [-0.15, -0.1) is 11.3 Å². The molecule has 0 bridgehead atoms. The van der Waals surface area contributed by atoms with Crippen molar-refractivity contribution in [2.75, 3.05) is 5.32 Å². The molecule has 1 N–H and O–H groups in total. The number of anilines is 1. The van der Waals surface area contributed by atoms with Crippen molar-refractivity contribution in [3.8, 4) is 5.69 Å². The number of aryl methyl sites for hydroxylation is 2. The number of benzene rings is 1. The van der Waals surface area contributed by atoms with E-state index in [0.717, 1.165) is 22.3 Å². The number of carbonyl (C=O) groups is 1. The number of nitrogens with one attached hydrogen (secondary N) is 1. The summed E-state index contributed by atoms with van der Waals surface area (Å²) in [4.78, 5) is 29.2. The van der Waals surface area contributed by atoms with Crippen LogP contribution in [0.2, 0.25) is 0 Å². The average Bonchev–Trinajstić information content (AvgIpc) is 3.27. The Morgan fingerprint density at radius 2 is 2.00 bits per heavy atom. The van der Waals surface area contributed by atoms with Crippen LogP contribution in [0.15, 0.2) is 52.8 Å². The van der Waals surface area contributed by atoms with E-state index in [1.54, 1.807) is 22.3 Å². The molecule has 8 heteroatoms. The van der Waals surface area contributed by atoms with E-state index >= 15 is 0 Å². The highest BCUT2D eigenvalue weighted by Gasteiger charge is 2.18. The minimum atomic E-state index is -0.310. The molecule has 7 nitrogen and oxygen atoms in total. The molecule has 0 aliphatic carbocycles. The number of aromatic nitrogens is 4. The van der Waals surface area contributed by atoms with Gasteiger partial charge in [-0.05, 0) is 31.5 Å². The third-order valence-electron chi connectivity index (χ3n) is 4.27. The molecule has 1 aromatic carbocycles. The molecule has 0 aliphatic heterocycles. The maximum Gasteiger partial charge on any atom is 0.252 e. The zero-order chi connectivity index (χ0) is 19.0. The van der Waals surface area contributed by atoms with E-state index in [-0.39, 0.29) is 18.0 Å². The van der Waals surface area contributed by atoms with Gasteiger partial charge in [0.05, 0.1) is 11.4 Å². The highest BCUT2D eigenvalue weighted by atomic mass is 32.1. The monoisotopic (exact) mass is 379 g/mol.